The molecule has 0 saturated heterocycles. The summed E-state index contributed by atoms with van der Waals surface area (Å²) in [5.41, 5.74) is 0.353. The molecule has 1 rings (SSSR count). The lowest BCUT2D eigenvalue weighted by Gasteiger charge is -2.24. The molecule has 0 bridgehead atoms. The normalized spacial score (nSPS) is 9.00. The second-order valence-corrected chi connectivity index (χ2v) is 3.48. The number of anilines is 2. The Hall–Kier alpha value is -1.32. The first-order valence-corrected chi connectivity index (χ1v) is 7.49. The van der Waals surface area contributed by atoms with Crippen LogP contribution in [0, 0.1) is 0 Å². The maximum Gasteiger partial charge on any atom is 0.253 e. The van der Waals surface area contributed by atoms with Crippen molar-refractivity contribution >= 4 is 11.4 Å². The lowest BCUT2D eigenvalue weighted by atomic mass is 10.1. The summed E-state index contributed by atoms with van der Waals surface area (Å²) in [7, 11) is 0. The van der Waals surface area contributed by atoms with Gasteiger partial charge in [0.2, 0.25) is 0 Å². The van der Waals surface area contributed by atoms with Gasteiger partial charge in [-0.3, -0.25) is 9.59 Å². The van der Waals surface area contributed by atoms with E-state index in [9.17, 15) is 9.59 Å². The van der Waals surface area contributed by atoms with Crippen LogP contribution in [0.25, 0.3) is 0 Å². The Labute approximate surface area is 117 Å². The number of hydrogen-bond acceptors (Lipinski definition) is 4. The Morgan fingerprint density at radius 1 is 0.895 bits per heavy atom. The standard InChI is InChI=1S/C11H18N2O2.2C2H6/c1-4-7-12-8-9(11(15)10(8)14)13(5-2)6-3;2*1-2/h12H,4-7H2,1-3H3;2*1-2H3. The minimum Gasteiger partial charge on any atom is -0.380 e. The van der Waals surface area contributed by atoms with Crippen LogP contribution in [-0.2, 0) is 0 Å². The van der Waals surface area contributed by atoms with Crippen molar-refractivity contribution in [2.45, 2.75) is 54.9 Å². The summed E-state index contributed by atoms with van der Waals surface area (Å²) in [4.78, 5) is 24.6. The lowest BCUT2D eigenvalue weighted by molar-refractivity contribution is 0.852. The van der Waals surface area contributed by atoms with E-state index < -0.39 is 0 Å². The van der Waals surface area contributed by atoms with Crippen LogP contribution >= 0.6 is 0 Å². The van der Waals surface area contributed by atoms with Crippen LogP contribution in [0.1, 0.15) is 54.9 Å². The zero-order chi connectivity index (χ0) is 15.4. The van der Waals surface area contributed by atoms with Crippen molar-refractivity contribution in [1.29, 1.82) is 0 Å². The molecule has 1 aromatic rings. The van der Waals surface area contributed by atoms with E-state index in [1.807, 2.05) is 53.4 Å². The largest absolute Gasteiger partial charge is 0.380 e. The molecular weight excluding hydrogens is 240 g/mol. The zero-order valence-corrected chi connectivity index (χ0v) is 13.6. The molecule has 1 N–H and O–H groups in total. The van der Waals surface area contributed by atoms with Gasteiger partial charge in [0.15, 0.2) is 0 Å². The molecule has 0 aromatic heterocycles. The fraction of sp³-hybridized carbons (Fsp3) is 0.733. The predicted molar refractivity (Wildman–Crippen MR) is 86.4 cm³/mol. The van der Waals surface area contributed by atoms with Gasteiger partial charge >= 0.3 is 0 Å². The highest BCUT2D eigenvalue weighted by atomic mass is 16.2. The first kappa shape index (κ1) is 20.0. The van der Waals surface area contributed by atoms with Crippen LogP contribution in [0.2, 0.25) is 0 Å². The van der Waals surface area contributed by atoms with Gasteiger partial charge in [-0.15, -0.1) is 0 Å². The van der Waals surface area contributed by atoms with Gasteiger partial charge in [-0.1, -0.05) is 34.6 Å². The van der Waals surface area contributed by atoms with Gasteiger partial charge in [0.05, 0.1) is 0 Å². The third-order valence-electron chi connectivity index (χ3n) is 2.52. The fourth-order valence-corrected chi connectivity index (χ4v) is 1.64. The van der Waals surface area contributed by atoms with Gasteiger partial charge in [-0.2, -0.15) is 0 Å². The molecule has 0 aliphatic rings. The molecule has 0 atom stereocenters. The molecular formula is C15H30N2O2. The molecule has 0 saturated carbocycles. The van der Waals surface area contributed by atoms with Crippen LogP contribution in [0.5, 0.6) is 0 Å². The molecule has 0 aliphatic heterocycles. The maximum absolute atomic E-state index is 11.4. The lowest BCUT2D eigenvalue weighted by Crippen LogP contribution is -2.42. The average Bonchev–Trinajstić information content (AvgIpc) is 2.50. The quantitative estimate of drug-likeness (QED) is 0.807. The minimum atomic E-state index is -0.370. The van der Waals surface area contributed by atoms with Crippen molar-refractivity contribution in [3.8, 4) is 0 Å². The van der Waals surface area contributed by atoms with Gasteiger partial charge in [0, 0.05) is 19.6 Å². The molecule has 4 heteroatoms. The molecule has 0 aliphatic carbocycles. The molecule has 1 aromatic carbocycles. The van der Waals surface area contributed by atoms with Crippen LogP contribution in [0.4, 0.5) is 11.4 Å². The zero-order valence-electron chi connectivity index (χ0n) is 13.6. The van der Waals surface area contributed by atoms with Crippen LogP contribution < -0.4 is 21.1 Å². The van der Waals surface area contributed by atoms with E-state index in [2.05, 4.69) is 5.32 Å². The predicted octanol–water partition coefficient (Wildman–Crippen LogP) is 3.00. The first-order chi connectivity index (χ1) is 9.17. The molecule has 0 unspecified atom stereocenters. The topological polar surface area (TPSA) is 49.4 Å². The fourth-order valence-electron chi connectivity index (χ4n) is 1.64. The second-order valence-electron chi connectivity index (χ2n) is 3.48. The van der Waals surface area contributed by atoms with E-state index in [-0.39, 0.29) is 10.9 Å². The number of rotatable bonds is 6. The summed E-state index contributed by atoms with van der Waals surface area (Å²) < 4.78 is 0. The number of nitrogens with zero attached hydrogens (tertiary/aromatic N) is 1. The SMILES string of the molecule is CC.CC.CCCNc1c(N(CC)CC)c(=O)c1=O. The van der Waals surface area contributed by atoms with Crippen molar-refractivity contribution in [3.05, 3.63) is 20.4 Å². The Bertz CT molecular complexity index is 389. The van der Waals surface area contributed by atoms with E-state index in [1.54, 1.807) is 0 Å². The van der Waals surface area contributed by atoms with Crippen LogP contribution in [0.15, 0.2) is 9.59 Å². The molecule has 19 heavy (non-hydrogen) atoms. The molecule has 112 valence electrons. The third-order valence-corrected chi connectivity index (χ3v) is 2.52. The van der Waals surface area contributed by atoms with E-state index in [0.717, 1.165) is 26.1 Å². The van der Waals surface area contributed by atoms with Gasteiger partial charge in [0.1, 0.15) is 11.4 Å². The van der Waals surface area contributed by atoms with Crippen molar-refractivity contribution < 1.29 is 0 Å². The van der Waals surface area contributed by atoms with E-state index >= 15 is 0 Å². The maximum atomic E-state index is 11.4. The van der Waals surface area contributed by atoms with Gasteiger partial charge in [0.25, 0.3) is 10.9 Å². The van der Waals surface area contributed by atoms with E-state index in [1.165, 1.54) is 0 Å². The number of hydrogen-bond donors (Lipinski definition) is 1. The van der Waals surface area contributed by atoms with E-state index in [4.69, 9.17) is 0 Å². The Kier molecular flexibility index (Phi) is 12.4. The van der Waals surface area contributed by atoms with Crippen molar-refractivity contribution in [2.24, 2.45) is 0 Å². The average molecular weight is 270 g/mol. The third kappa shape index (κ3) is 5.05. The summed E-state index contributed by atoms with van der Waals surface area (Å²) in [5.74, 6) is 0. The van der Waals surface area contributed by atoms with Gasteiger partial charge < -0.3 is 10.2 Å². The summed E-state index contributed by atoms with van der Waals surface area (Å²) in [5, 5.41) is 3.02. The second kappa shape index (κ2) is 11.8. The number of nitrogens with one attached hydrogen (secondary N) is 1. The van der Waals surface area contributed by atoms with Crippen molar-refractivity contribution in [1.82, 2.24) is 0 Å². The molecule has 0 radical (unpaired) electrons. The smallest absolute Gasteiger partial charge is 0.253 e. The summed E-state index contributed by atoms with van der Waals surface area (Å²) in [6.07, 6.45) is 0.941. The van der Waals surface area contributed by atoms with Crippen molar-refractivity contribution in [2.75, 3.05) is 29.9 Å². The Morgan fingerprint density at radius 3 is 1.74 bits per heavy atom. The highest BCUT2D eigenvalue weighted by molar-refractivity contribution is 5.75. The molecule has 0 amide bonds. The molecule has 0 fully saturated rings. The Morgan fingerprint density at radius 2 is 1.37 bits per heavy atom. The summed E-state index contributed by atoms with van der Waals surface area (Å²) in [6.45, 7) is 16.2. The van der Waals surface area contributed by atoms with Gasteiger partial charge in [-0.05, 0) is 20.3 Å². The summed E-state index contributed by atoms with van der Waals surface area (Å²) in [6, 6.07) is 0. The van der Waals surface area contributed by atoms with Gasteiger partial charge in [-0.25, -0.2) is 0 Å². The van der Waals surface area contributed by atoms with Crippen molar-refractivity contribution in [3.63, 3.8) is 0 Å². The Balaban J connectivity index is 0. The molecule has 0 heterocycles. The highest BCUT2D eigenvalue weighted by Gasteiger charge is 2.23. The summed E-state index contributed by atoms with van der Waals surface area (Å²) >= 11 is 0. The first-order valence-electron chi connectivity index (χ1n) is 7.49. The molecule has 0 spiro atoms. The minimum absolute atomic E-state index is 0.350. The van der Waals surface area contributed by atoms with E-state index in [0.29, 0.717) is 11.4 Å². The monoisotopic (exact) mass is 270 g/mol. The molecule has 4 nitrogen and oxygen atoms in total. The van der Waals surface area contributed by atoms with Crippen LogP contribution in [-0.4, -0.2) is 19.6 Å². The highest BCUT2D eigenvalue weighted by Crippen LogP contribution is 2.19. The van der Waals surface area contributed by atoms with Crippen LogP contribution in [0.3, 0.4) is 0 Å².